The van der Waals surface area contributed by atoms with Gasteiger partial charge < -0.3 is 10.2 Å². The first kappa shape index (κ1) is 13.3. The number of aryl methyl sites for hydroxylation is 1. The molecule has 0 saturated carbocycles. The van der Waals surface area contributed by atoms with Crippen LogP contribution in [-0.4, -0.2) is 30.6 Å². The molecule has 2 rings (SSSR count). The van der Waals surface area contributed by atoms with Crippen LogP contribution in [0.4, 0.5) is 10.1 Å². The van der Waals surface area contributed by atoms with Gasteiger partial charge in [0.05, 0.1) is 5.69 Å². The Bertz CT molecular complexity index is 419. The molecule has 1 aliphatic rings. The van der Waals surface area contributed by atoms with Crippen LogP contribution in [0.2, 0.25) is 0 Å². The van der Waals surface area contributed by atoms with Crippen molar-refractivity contribution >= 4 is 5.69 Å². The molecule has 1 N–H and O–H groups in total. The van der Waals surface area contributed by atoms with Gasteiger partial charge in [-0.2, -0.15) is 0 Å². The van der Waals surface area contributed by atoms with E-state index in [2.05, 4.69) is 31.1 Å². The van der Waals surface area contributed by atoms with Crippen molar-refractivity contribution in [3.63, 3.8) is 0 Å². The lowest BCUT2D eigenvalue weighted by Crippen LogP contribution is -2.48. The summed E-state index contributed by atoms with van der Waals surface area (Å²) < 4.78 is 14.0. The smallest absolute Gasteiger partial charge is 0.149 e. The standard InChI is InChI=1S/C15H23FN2/c1-10-6-5-7-13(15(10)16)17-14-8-12(3)18(4)9-11(14)2/h5-7,11-12,14,17H,8-9H2,1-4H3. The summed E-state index contributed by atoms with van der Waals surface area (Å²) in [6, 6.07) is 6.45. The second kappa shape index (κ2) is 5.27. The lowest BCUT2D eigenvalue weighted by Gasteiger charge is -2.40. The number of anilines is 1. The molecule has 1 fully saturated rings. The zero-order valence-corrected chi connectivity index (χ0v) is 11.7. The molecule has 0 spiro atoms. The minimum absolute atomic E-state index is 0.115. The average Bonchev–Trinajstić information content (AvgIpc) is 2.32. The van der Waals surface area contributed by atoms with Crippen LogP contribution in [-0.2, 0) is 0 Å². The average molecular weight is 250 g/mol. The number of hydrogen-bond donors (Lipinski definition) is 1. The fraction of sp³-hybridized carbons (Fsp3) is 0.600. The maximum atomic E-state index is 14.0. The molecule has 0 radical (unpaired) electrons. The SMILES string of the molecule is Cc1cccc(NC2CC(C)N(C)CC2C)c1F. The molecule has 1 aliphatic heterocycles. The van der Waals surface area contributed by atoms with E-state index in [0.29, 0.717) is 29.3 Å². The van der Waals surface area contributed by atoms with Crippen molar-refractivity contribution in [2.24, 2.45) is 5.92 Å². The van der Waals surface area contributed by atoms with Crippen LogP contribution in [0, 0.1) is 18.7 Å². The first-order chi connectivity index (χ1) is 8.49. The van der Waals surface area contributed by atoms with E-state index in [4.69, 9.17) is 0 Å². The highest BCUT2D eigenvalue weighted by atomic mass is 19.1. The Balaban J connectivity index is 2.11. The molecule has 3 heteroatoms. The maximum absolute atomic E-state index is 14.0. The Kier molecular flexibility index (Phi) is 3.91. The van der Waals surface area contributed by atoms with E-state index in [1.807, 2.05) is 12.1 Å². The fourth-order valence-electron chi connectivity index (χ4n) is 2.70. The number of halogens is 1. The maximum Gasteiger partial charge on any atom is 0.149 e. The van der Waals surface area contributed by atoms with Gasteiger partial charge >= 0.3 is 0 Å². The van der Waals surface area contributed by atoms with Crippen molar-refractivity contribution in [1.82, 2.24) is 4.90 Å². The fourth-order valence-corrected chi connectivity index (χ4v) is 2.70. The number of rotatable bonds is 2. The predicted molar refractivity (Wildman–Crippen MR) is 74.4 cm³/mol. The first-order valence-electron chi connectivity index (χ1n) is 6.71. The summed E-state index contributed by atoms with van der Waals surface area (Å²) in [5, 5.41) is 3.39. The van der Waals surface area contributed by atoms with Crippen LogP contribution in [0.3, 0.4) is 0 Å². The Morgan fingerprint density at radius 1 is 1.33 bits per heavy atom. The van der Waals surface area contributed by atoms with Gasteiger partial charge in [-0.05, 0) is 44.9 Å². The van der Waals surface area contributed by atoms with Gasteiger partial charge in [0.15, 0.2) is 0 Å². The summed E-state index contributed by atoms with van der Waals surface area (Å²) in [7, 11) is 2.16. The minimum atomic E-state index is -0.115. The second-order valence-electron chi connectivity index (χ2n) is 5.69. The molecule has 18 heavy (non-hydrogen) atoms. The van der Waals surface area contributed by atoms with Gasteiger partial charge in [0.25, 0.3) is 0 Å². The molecule has 1 aromatic rings. The third-order valence-corrected chi connectivity index (χ3v) is 4.14. The molecular formula is C15H23FN2. The zero-order chi connectivity index (χ0) is 13.3. The summed E-state index contributed by atoms with van der Waals surface area (Å²) in [6.07, 6.45) is 1.06. The monoisotopic (exact) mass is 250 g/mol. The number of likely N-dealkylation sites (tertiary alicyclic amines) is 1. The predicted octanol–water partition coefficient (Wildman–Crippen LogP) is 3.27. The van der Waals surface area contributed by atoms with Crippen molar-refractivity contribution < 1.29 is 4.39 Å². The minimum Gasteiger partial charge on any atom is -0.380 e. The Hall–Kier alpha value is -1.09. The molecule has 3 atom stereocenters. The summed E-state index contributed by atoms with van der Waals surface area (Å²) in [6.45, 7) is 7.33. The van der Waals surface area contributed by atoms with Crippen LogP contribution >= 0.6 is 0 Å². The van der Waals surface area contributed by atoms with E-state index in [0.717, 1.165) is 13.0 Å². The lowest BCUT2D eigenvalue weighted by atomic mass is 9.89. The molecular weight excluding hydrogens is 227 g/mol. The van der Waals surface area contributed by atoms with Gasteiger partial charge in [-0.3, -0.25) is 0 Å². The van der Waals surface area contributed by atoms with E-state index >= 15 is 0 Å². The third-order valence-electron chi connectivity index (χ3n) is 4.14. The summed E-state index contributed by atoms with van der Waals surface area (Å²) in [4.78, 5) is 2.37. The number of benzene rings is 1. The van der Waals surface area contributed by atoms with E-state index in [1.165, 1.54) is 0 Å². The van der Waals surface area contributed by atoms with Gasteiger partial charge in [0.2, 0.25) is 0 Å². The van der Waals surface area contributed by atoms with Crippen molar-refractivity contribution in [3.05, 3.63) is 29.6 Å². The molecule has 2 nitrogen and oxygen atoms in total. The molecule has 0 amide bonds. The summed E-state index contributed by atoms with van der Waals surface area (Å²) in [5.74, 6) is 0.419. The topological polar surface area (TPSA) is 15.3 Å². The van der Waals surface area contributed by atoms with Crippen LogP contribution in [0.5, 0.6) is 0 Å². The number of hydrogen-bond acceptors (Lipinski definition) is 2. The van der Waals surface area contributed by atoms with E-state index in [9.17, 15) is 4.39 Å². The molecule has 0 aliphatic carbocycles. The molecule has 0 bridgehead atoms. The van der Waals surface area contributed by atoms with Gasteiger partial charge in [-0.1, -0.05) is 19.1 Å². The molecule has 1 aromatic carbocycles. The molecule has 3 unspecified atom stereocenters. The highest BCUT2D eigenvalue weighted by molar-refractivity contribution is 5.48. The molecule has 1 heterocycles. The number of piperidine rings is 1. The number of nitrogens with one attached hydrogen (secondary N) is 1. The van der Waals surface area contributed by atoms with Crippen molar-refractivity contribution in [2.45, 2.75) is 39.3 Å². The van der Waals surface area contributed by atoms with Gasteiger partial charge in [0, 0.05) is 18.6 Å². The van der Waals surface area contributed by atoms with Crippen molar-refractivity contribution in [2.75, 3.05) is 18.9 Å². The van der Waals surface area contributed by atoms with Crippen molar-refractivity contribution in [3.8, 4) is 0 Å². The second-order valence-corrected chi connectivity index (χ2v) is 5.69. The Morgan fingerprint density at radius 3 is 2.78 bits per heavy atom. The largest absolute Gasteiger partial charge is 0.380 e. The van der Waals surface area contributed by atoms with E-state index < -0.39 is 0 Å². The molecule has 100 valence electrons. The highest BCUT2D eigenvalue weighted by Crippen LogP contribution is 2.26. The normalized spacial score (nSPS) is 29.3. The van der Waals surface area contributed by atoms with Crippen LogP contribution in [0.25, 0.3) is 0 Å². The Morgan fingerprint density at radius 2 is 2.06 bits per heavy atom. The van der Waals surface area contributed by atoms with Gasteiger partial charge in [0.1, 0.15) is 5.82 Å². The van der Waals surface area contributed by atoms with Crippen LogP contribution in [0.15, 0.2) is 18.2 Å². The summed E-state index contributed by atoms with van der Waals surface area (Å²) in [5.41, 5.74) is 1.34. The number of nitrogens with zero attached hydrogens (tertiary/aromatic N) is 1. The van der Waals surface area contributed by atoms with E-state index in [-0.39, 0.29) is 5.82 Å². The van der Waals surface area contributed by atoms with Crippen LogP contribution in [0.1, 0.15) is 25.8 Å². The zero-order valence-electron chi connectivity index (χ0n) is 11.7. The summed E-state index contributed by atoms with van der Waals surface area (Å²) >= 11 is 0. The Labute approximate surface area is 109 Å². The van der Waals surface area contributed by atoms with Gasteiger partial charge in [-0.15, -0.1) is 0 Å². The van der Waals surface area contributed by atoms with Crippen molar-refractivity contribution in [1.29, 1.82) is 0 Å². The molecule has 1 saturated heterocycles. The quantitative estimate of drug-likeness (QED) is 0.866. The van der Waals surface area contributed by atoms with Crippen LogP contribution < -0.4 is 5.32 Å². The molecule has 0 aromatic heterocycles. The first-order valence-corrected chi connectivity index (χ1v) is 6.71. The van der Waals surface area contributed by atoms with E-state index in [1.54, 1.807) is 13.0 Å². The third kappa shape index (κ3) is 2.66. The highest BCUT2D eigenvalue weighted by Gasteiger charge is 2.29. The van der Waals surface area contributed by atoms with Gasteiger partial charge in [-0.25, -0.2) is 4.39 Å². The lowest BCUT2D eigenvalue weighted by molar-refractivity contribution is 0.145.